The van der Waals surface area contributed by atoms with E-state index in [1.807, 2.05) is 20.8 Å². The molecule has 0 spiro atoms. The highest BCUT2D eigenvalue weighted by molar-refractivity contribution is 5.79. The van der Waals surface area contributed by atoms with Crippen molar-refractivity contribution in [3.05, 3.63) is 23.5 Å². The van der Waals surface area contributed by atoms with Gasteiger partial charge in [0.1, 0.15) is 11.6 Å². The molecular formula is C15H22N2O4. The van der Waals surface area contributed by atoms with Crippen LogP contribution in [0.2, 0.25) is 0 Å². The molecule has 0 aliphatic carbocycles. The van der Waals surface area contributed by atoms with Crippen LogP contribution in [0.15, 0.2) is 23.5 Å². The summed E-state index contributed by atoms with van der Waals surface area (Å²) in [7, 11) is 1.36. The van der Waals surface area contributed by atoms with E-state index in [-0.39, 0.29) is 12.1 Å². The Bertz CT molecular complexity index is 502. The number of allylic oxidation sites excluding steroid dienone is 2. The van der Waals surface area contributed by atoms with Crippen LogP contribution in [0.1, 0.15) is 33.6 Å². The van der Waals surface area contributed by atoms with Crippen LogP contribution in [-0.4, -0.2) is 42.3 Å². The van der Waals surface area contributed by atoms with Gasteiger partial charge >= 0.3 is 12.1 Å². The summed E-state index contributed by atoms with van der Waals surface area (Å²) < 4.78 is 10.2. The van der Waals surface area contributed by atoms with E-state index in [9.17, 15) is 9.59 Å². The first-order chi connectivity index (χ1) is 9.81. The number of amides is 1. The molecule has 2 aliphatic heterocycles. The fourth-order valence-electron chi connectivity index (χ4n) is 2.36. The zero-order valence-corrected chi connectivity index (χ0v) is 12.9. The number of ether oxygens (including phenoxy) is 2. The molecule has 1 N–H and O–H groups in total. The van der Waals surface area contributed by atoms with Crippen molar-refractivity contribution in [3.8, 4) is 0 Å². The second-order valence-electron chi connectivity index (χ2n) is 6.10. The number of methoxy groups -OCH3 is 1. The maximum Gasteiger partial charge on any atom is 0.414 e. The SMILES string of the molecule is COC(=O)C1C=CC2=C(CCCN2C(=O)OC(C)(C)C)N1. The minimum atomic E-state index is -0.532. The Morgan fingerprint density at radius 2 is 2.10 bits per heavy atom. The van der Waals surface area contributed by atoms with Gasteiger partial charge in [-0.3, -0.25) is 4.90 Å². The zero-order valence-electron chi connectivity index (χ0n) is 12.9. The number of rotatable bonds is 1. The topological polar surface area (TPSA) is 67.9 Å². The Kier molecular flexibility index (Phi) is 4.25. The lowest BCUT2D eigenvalue weighted by Gasteiger charge is -2.35. The molecule has 0 radical (unpaired) electrons. The lowest BCUT2D eigenvalue weighted by molar-refractivity contribution is -0.141. The normalized spacial score (nSPS) is 21.5. The molecule has 0 fully saturated rings. The minimum Gasteiger partial charge on any atom is -0.467 e. The quantitative estimate of drug-likeness (QED) is 0.748. The number of esters is 1. The van der Waals surface area contributed by atoms with Crippen LogP contribution in [0.4, 0.5) is 4.79 Å². The predicted octanol–water partition coefficient (Wildman–Crippen LogP) is 1.93. The third kappa shape index (κ3) is 3.56. The fraction of sp³-hybridized carbons (Fsp3) is 0.600. The zero-order chi connectivity index (χ0) is 15.6. The largest absolute Gasteiger partial charge is 0.467 e. The van der Waals surface area contributed by atoms with Gasteiger partial charge in [-0.1, -0.05) is 0 Å². The molecule has 0 saturated carbocycles. The number of dihydropyridines is 1. The summed E-state index contributed by atoms with van der Waals surface area (Å²) in [5, 5.41) is 3.12. The molecule has 0 aromatic heterocycles. The summed E-state index contributed by atoms with van der Waals surface area (Å²) in [6.45, 7) is 6.13. The van der Waals surface area contributed by atoms with Crippen molar-refractivity contribution in [1.82, 2.24) is 10.2 Å². The Balaban J connectivity index is 2.15. The van der Waals surface area contributed by atoms with Gasteiger partial charge in [0, 0.05) is 12.2 Å². The van der Waals surface area contributed by atoms with E-state index in [1.165, 1.54) is 7.11 Å². The highest BCUT2D eigenvalue weighted by atomic mass is 16.6. The van der Waals surface area contributed by atoms with Gasteiger partial charge in [0.2, 0.25) is 0 Å². The van der Waals surface area contributed by atoms with Crippen LogP contribution in [0.3, 0.4) is 0 Å². The Morgan fingerprint density at radius 3 is 2.71 bits per heavy atom. The lowest BCUT2D eigenvalue weighted by atomic mass is 10.0. The van der Waals surface area contributed by atoms with Crippen molar-refractivity contribution < 1.29 is 19.1 Å². The first-order valence-corrected chi connectivity index (χ1v) is 7.08. The summed E-state index contributed by atoms with van der Waals surface area (Å²) in [6, 6.07) is -0.493. The van der Waals surface area contributed by atoms with Crippen LogP contribution in [-0.2, 0) is 14.3 Å². The number of nitrogens with one attached hydrogen (secondary N) is 1. The van der Waals surface area contributed by atoms with Crippen molar-refractivity contribution in [2.45, 2.75) is 45.3 Å². The standard InChI is InChI=1S/C15H22N2O4/c1-15(2,3)21-14(19)17-9-5-6-10-12(17)8-7-11(16-10)13(18)20-4/h7-8,11,16H,5-6,9H2,1-4H3. The Labute approximate surface area is 124 Å². The third-order valence-electron chi connectivity index (χ3n) is 3.25. The van der Waals surface area contributed by atoms with E-state index < -0.39 is 11.6 Å². The predicted molar refractivity (Wildman–Crippen MR) is 77.3 cm³/mol. The Morgan fingerprint density at radius 1 is 1.38 bits per heavy atom. The molecule has 2 rings (SSSR count). The number of carbonyl (C=O) groups excluding carboxylic acids is 2. The van der Waals surface area contributed by atoms with E-state index in [1.54, 1.807) is 17.1 Å². The average Bonchev–Trinajstić information content (AvgIpc) is 2.43. The summed E-state index contributed by atoms with van der Waals surface area (Å²) in [5.74, 6) is -0.341. The number of carbonyl (C=O) groups is 2. The maximum atomic E-state index is 12.3. The van der Waals surface area contributed by atoms with Gasteiger partial charge in [0.25, 0.3) is 0 Å². The van der Waals surface area contributed by atoms with E-state index in [0.717, 1.165) is 24.2 Å². The second kappa shape index (κ2) is 5.79. The van der Waals surface area contributed by atoms with Gasteiger partial charge in [-0.25, -0.2) is 9.59 Å². The monoisotopic (exact) mass is 294 g/mol. The first kappa shape index (κ1) is 15.4. The smallest absolute Gasteiger partial charge is 0.414 e. The molecular weight excluding hydrogens is 272 g/mol. The molecule has 2 heterocycles. The van der Waals surface area contributed by atoms with E-state index in [0.29, 0.717) is 6.54 Å². The number of hydrogen-bond acceptors (Lipinski definition) is 5. The third-order valence-corrected chi connectivity index (χ3v) is 3.25. The molecule has 0 saturated heterocycles. The highest BCUT2D eigenvalue weighted by Gasteiger charge is 2.31. The lowest BCUT2D eigenvalue weighted by Crippen LogP contribution is -2.45. The van der Waals surface area contributed by atoms with Gasteiger partial charge in [-0.2, -0.15) is 0 Å². The summed E-state index contributed by atoms with van der Waals surface area (Å²) in [6.07, 6.45) is 4.75. The van der Waals surface area contributed by atoms with Crippen molar-refractivity contribution in [3.63, 3.8) is 0 Å². The Hall–Kier alpha value is -1.98. The van der Waals surface area contributed by atoms with Crippen LogP contribution in [0.5, 0.6) is 0 Å². The van der Waals surface area contributed by atoms with Gasteiger partial charge in [-0.15, -0.1) is 0 Å². The molecule has 1 atom stereocenters. The van der Waals surface area contributed by atoms with E-state index >= 15 is 0 Å². The van der Waals surface area contributed by atoms with Gasteiger partial charge in [0.05, 0.1) is 12.8 Å². The molecule has 6 nitrogen and oxygen atoms in total. The maximum absolute atomic E-state index is 12.3. The molecule has 6 heteroatoms. The molecule has 0 aromatic carbocycles. The molecule has 1 amide bonds. The van der Waals surface area contributed by atoms with Crippen molar-refractivity contribution >= 4 is 12.1 Å². The average molecular weight is 294 g/mol. The summed E-state index contributed by atoms with van der Waals surface area (Å²) in [5.41, 5.74) is 1.12. The van der Waals surface area contributed by atoms with E-state index in [4.69, 9.17) is 9.47 Å². The molecule has 0 aromatic rings. The highest BCUT2D eigenvalue weighted by Crippen LogP contribution is 2.27. The van der Waals surface area contributed by atoms with Crippen LogP contribution >= 0.6 is 0 Å². The van der Waals surface area contributed by atoms with Crippen molar-refractivity contribution in [2.75, 3.05) is 13.7 Å². The summed E-state index contributed by atoms with van der Waals surface area (Å²) >= 11 is 0. The molecule has 21 heavy (non-hydrogen) atoms. The first-order valence-electron chi connectivity index (χ1n) is 7.08. The van der Waals surface area contributed by atoms with Crippen LogP contribution in [0, 0.1) is 0 Å². The van der Waals surface area contributed by atoms with Crippen LogP contribution in [0.25, 0.3) is 0 Å². The fourth-order valence-corrected chi connectivity index (χ4v) is 2.36. The van der Waals surface area contributed by atoms with Gasteiger partial charge in [0.15, 0.2) is 0 Å². The summed E-state index contributed by atoms with van der Waals surface area (Å²) in [4.78, 5) is 25.4. The number of nitrogens with zero attached hydrogens (tertiary/aromatic N) is 1. The van der Waals surface area contributed by atoms with E-state index in [2.05, 4.69) is 5.32 Å². The van der Waals surface area contributed by atoms with Gasteiger partial charge in [-0.05, 0) is 45.8 Å². The molecule has 1 unspecified atom stereocenters. The minimum absolute atomic E-state index is 0.341. The molecule has 116 valence electrons. The van der Waals surface area contributed by atoms with Gasteiger partial charge < -0.3 is 14.8 Å². The second-order valence-corrected chi connectivity index (χ2v) is 6.10. The van der Waals surface area contributed by atoms with Crippen molar-refractivity contribution in [2.24, 2.45) is 0 Å². The molecule has 2 aliphatic rings. The van der Waals surface area contributed by atoms with Crippen LogP contribution < -0.4 is 5.32 Å². The number of hydrogen-bond donors (Lipinski definition) is 1. The molecule has 0 bridgehead atoms. The van der Waals surface area contributed by atoms with Crippen molar-refractivity contribution in [1.29, 1.82) is 0 Å².